The van der Waals surface area contributed by atoms with E-state index in [9.17, 15) is 13.2 Å². The molecule has 0 fully saturated rings. The molecule has 0 radical (unpaired) electrons. The number of hydrogen-bond donors (Lipinski definition) is 1. The van der Waals surface area contributed by atoms with Gasteiger partial charge >= 0.3 is 6.18 Å². The molecule has 1 aromatic carbocycles. The average molecular weight is 282 g/mol. The number of nitrogens with two attached hydrogens (primary N) is 1. The normalized spacial score (nSPS) is 11.4. The third kappa shape index (κ3) is 3.48. The lowest BCUT2D eigenvalue weighted by Crippen LogP contribution is -2.10. The molecule has 2 aromatic rings. The first-order valence-corrected chi connectivity index (χ1v) is 5.92. The van der Waals surface area contributed by atoms with Crippen molar-refractivity contribution in [3.8, 4) is 5.75 Å². The van der Waals surface area contributed by atoms with Crippen molar-refractivity contribution in [2.24, 2.45) is 5.73 Å². The fourth-order valence-electron chi connectivity index (χ4n) is 1.69. The van der Waals surface area contributed by atoms with E-state index in [-0.39, 0.29) is 18.9 Å². The Bertz CT molecular complexity index is 570. The molecule has 6 heteroatoms. The average Bonchev–Trinajstić information content (AvgIpc) is 2.45. The van der Waals surface area contributed by atoms with E-state index in [1.807, 2.05) is 0 Å². The number of pyridine rings is 1. The number of nitrogens with zero attached hydrogens (tertiary/aromatic N) is 1. The summed E-state index contributed by atoms with van der Waals surface area (Å²) in [7, 11) is 0. The largest absolute Gasteiger partial charge is 0.488 e. The Morgan fingerprint density at radius 2 is 1.75 bits per heavy atom. The minimum absolute atomic E-state index is 0.0413. The number of halogens is 3. The van der Waals surface area contributed by atoms with Crippen LogP contribution in [0, 0.1) is 0 Å². The number of ether oxygens (including phenoxy) is 1. The highest BCUT2D eigenvalue weighted by Crippen LogP contribution is 2.37. The quantitative estimate of drug-likeness (QED) is 0.937. The van der Waals surface area contributed by atoms with Gasteiger partial charge in [0.15, 0.2) is 0 Å². The smallest absolute Gasteiger partial charge is 0.419 e. The zero-order valence-corrected chi connectivity index (χ0v) is 10.5. The van der Waals surface area contributed by atoms with E-state index in [0.29, 0.717) is 5.56 Å². The van der Waals surface area contributed by atoms with Crippen LogP contribution in [-0.2, 0) is 19.3 Å². The van der Waals surface area contributed by atoms with Crippen molar-refractivity contribution >= 4 is 0 Å². The molecule has 0 aliphatic carbocycles. The summed E-state index contributed by atoms with van der Waals surface area (Å²) in [5.74, 6) is -0.211. The summed E-state index contributed by atoms with van der Waals surface area (Å²) in [6.45, 7) is 0.198. The molecule has 1 aromatic heterocycles. The van der Waals surface area contributed by atoms with Crippen LogP contribution in [-0.4, -0.2) is 4.98 Å². The molecule has 0 unspecified atom stereocenters. The number of hydrogen-bond acceptors (Lipinski definition) is 3. The molecule has 0 spiro atoms. The molecule has 0 amide bonds. The number of alkyl halides is 3. The maximum atomic E-state index is 12.9. The SMILES string of the molecule is NCc1ccc(C(F)(F)F)c(OCc2ccncc2)c1. The summed E-state index contributed by atoms with van der Waals surface area (Å²) >= 11 is 0. The van der Waals surface area contributed by atoms with Crippen LogP contribution in [0.1, 0.15) is 16.7 Å². The molecule has 0 aliphatic heterocycles. The third-order valence-corrected chi connectivity index (χ3v) is 2.73. The molecule has 20 heavy (non-hydrogen) atoms. The molecule has 0 aliphatic rings. The Hall–Kier alpha value is -2.08. The Morgan fingerprint density at radius 3 is 2.35 bits per heavy atom. The number of benzene rings is 1. The highest BCUT2D eigenvalue weighted by atomic mass is 19.4. The first-order chi connectivity index (χ1) is 9.50. The van der Waals surface area contributed by atoms with Gasteiger partial charge in [-0.3, -0.25) is 4.98 Å². The molecular weight excluding hydrogens is 269 g/mol. The zero-order valence-electron chi connectivity index (χ0n) is 10.5. The molecule has 2 rings (SSSR count). The van der Waals surface area contributed by atoms with Crippen molar-refractivity contribution in [2.75, 3.05) is 0 Å². The first-order valence-electron chi connectivity index (χ1n) is 5.92. The monoisotopic (exact) mass is 282 g/mol. The molecule has 106 valence electrons. The van der Waals surface area contributed by atoms with Crippen molar-refractivity contribution < 1.29 is 17.9 Å². The fraction of sp³-hybridized carbons (Fsp3) is 0.214. The molecule has 0 saturated carbocycles. The van der Waals surface area contributed by atoms with E-state index in [1.165, 1.54) is 12.1 Å². The fourth-order valence-corrected chi connectivity index (χ4v) is 1.69. The van der Waals surface area contributed by atoms with E-state index < -0.39 is 11.7 Å². The van der Waals surface area contributed by atoms with E-state index in [2.05, 4.69) is 4.98 Å². The molecular formula is C14H13F3N2O. The van der Waals surface area contributed by atoms with E-state index in [4.69, 9.17) is 10.5 Å². The minimum Gasteiger partial charge on any atom is -0.488 e. The minimum atomic E-state index is -4.46. The van der Waals surface area contributed by atoms with Crippen molar-refractivity contribution in [3.63, 3.8) is 0 Å². The van der Waals surface area contributed by atoms with Gasteiger partial charge in [0.05, 0.1) is 5.56 Å². The highest BCUT2D eigenvalue weighted by Gasteiger charge is 2.34. The van der Waals surface area contributed by atoms with Crippen LogP contribution in [0.25, 0.3) is 0 Å². The lowest BCUT2D eigenvalue weighted by atomic mass is 10.1. The van der Waals surface area contributed by atoms with E-state index in [1.54, 1.807) is 24.5 Å². The molecule has 0 saturated heterocycles. The maximum absolute atomic E-state index is 12.9. The second kappa shape index (κ2) is 5.92. The van der Waals surface area contributed by atoms with Gasteiger partial charge in [-0.15, -0.1) is 0 Å². The third-order valence-electron chi connectivity index (χ3n) is 2.73. The van der Waals surface area contributed by atoms with Crippen molar-refractivity contribution in [1.29, 1.82) is 0 Å². The molecule has 1 heterocycles. The van der Waals surface area contributed by atoms with Crippen LogP contribution in [0.4, 0.5) is 13.2 Å². The molecule has 2 N–H and O–H groups in total. The number of rotatable bonds is 4. The van der Waals surface area contributed by atoms with Crippen LogP contribution >= 0.6 is 0 Å². The summed E-state index contributed by atoms with van der Waals surface area (Å²) in [6.07, 6.45) is -1.35. The van der Waals surface area contributed by atoms with Crippen LogP contribution in [0.2, 0.25) is 0 Å². The van der Waals surface area contributed by atoms with Crippen molar-refractivity contribution in [1.82, 2.24) is 4.98 Å². The Labute approximate surface area is 114 Å². The zero-order chi connectivity index (χ0) is 14.6. The van der Waals surface area contributed by atoms with Gasteiger partial charge in [0.2, 0.25) is 0 Å². The second-order valence-corrected chi connectivity index (χ2v) is 4.18. The van der Waals surface area contributed by atoms with Crippen LogP contribution in [0.5, 0.6) is 5.75 Å². The standard InChI is InChI=1S/C14H13F3N2O/c15-14(16,17)12-2-1-11(8-18)7-13(12)20-9-10-3-5-19-6-4-10/h1-7H,8-9,18H2. The topological polar surface area (TPSA) is 48.1 Å². The van der Waals surface area contributed by atoms with E-state index in [0.717, 1.165) is 11.6 Å². The Kier molecular flexibility index (Phi) is 4.24. The van der Waals surface area contributed by atoms with Gasteiger partial charge in [-0.25, -0.2) is 0 Å². The van der Waals surface area contributed by atoms with Gasteiger partial charge < -0.3 is 10.5 Å². The lowest BCUT2D eigenvalue weighted by Gasteiger charge is -2.15. The number of aromatic nitrogens is 1. The predicted octanol–water partition coefficient (Wildman–Crippen LogP) is 3.14. The lowest BCUT2D eigenvalue weighted by molar-refractivity contribution is -0.139. The Morgan fingerprint density at radius 1 is 1.05 bits per heavy atom. The summed E-state index contributed by atoms with van der Waals surface area (Å²) in [4.78, 5) is 3.83. The summed E-state index contributed by atoms with van der Waals surface area (Å²) in [5.41, 5.74) is 5.97. The molecule has 0 bridgehead atoms. The van der Waals surface area contributed by atoms with Crippen molar-refractivity contribution in [3.05, 3.63) is 59.4 Å². The Balaban J connectivity index is 2.24. The highest BCUT2D eigenvalue weighted by molar-refractivity contribution is 5.39. The van der Waals surface area contributed by atoms with Crippen LogP contribution < -0.4 is 10.5 Å². The molecule has 0 atom stereocenters. The van der Waals surface area contributed by atoms with Crippen LogP contribution in [0.15, 0.2) is 42.7 Å². The first kappa shape index (κ1) is 14.3. The maximum Gasteiger partial charge on any atom is 0.419 e. The predicted molar refractivity (Wildman–Crippen MR) is 67.9 cm³/mol. The van der Waals surface area contributed by atoms with Gasteiger partial charge in [0, 0.05) is 18.9 Å². The molecule has 3 nitrogen and oxygen atoms in total. The second-order valence-electron chi connectivity index (χ2n) is 4.18. The summed E-state index contributed by atoms with van der Waals surface area (Å²) < 4.78 is 44.0. The van der Waals surface area contributed by atoms with Gasteiger partial charge in [-0.1, -0.05) is 6.07 Å². The van der Waals surface area contributed by atoms with Crippen LogP contribution in [0.3, 0.4) is 0 Å². The van der Waals surface area contributed by atoms with E-state index >= 15 is 0 Å². The van der Waals surface area contributed by atoms with Gasteiger partial charge in [-0.2, -0.15) is 13.2 Å². The van der Waals surface area contributed by atoms with Crippen molar-refractivity contribution in [2.45, 2.75) is 19.3 Å². The summed E-state index contributed by atoms with van der Waals surface area (Å²) in [5, 5.41) is 0. The van der Waals surface area contributed by atoms with Gasteiger partial charge in [-0.05, 0) is 35.4 Å². The summed E-state index contributed by atoms with van der Waals surface area (Å²) in [6, 6.07) is 7.02. The van der Waals surface area contributed by atoms with Gasteiger partial charge in [0.1, 0.15) is 12.4 Å². The van der Waals surface area contributed by atoms with Gasteiger partial charge in [0.25, 0.3) is 0 Å².